The molecule has 0 spiro atoms. The third-order valence-electron chi connectivity index (χ3n) is 2.34. The molecule has 4 heteroatoms. The van der Waals surface area contributed by atoms with Gasteiger partial charge in [0.2, 0.25) is 0 Å². The predicted octanol–water partition coefficient (Wildman–Crippen LogP) is 3.50. The first kappa shape index (κ1) is 13.8. The summed E-state index contributed by atoms with van der Waals surface area (Å²) < 4.78 is 10.8. The van der Waals surface area contributed by atoms with Gasteiger partial charge in [-0.1, -0.05) is 13.8 Å². The van der Waals surface area contributed by atoms with Crippen molar-refractivity contribution in [1.29, 1.82) is 0 Å². The van der Waals surface area contributed by atoms with E-state index in [1.54, 1.807) is 25.3 Å². The molecule has 0 heterocycles. The maximum atomic E-state index is 11.0. The standard InChI is InChI=1S/C13H17ClO3/c1-9(2)6-7-17-12-8-10(13(14)15)4-5-11(12)16-3/h4-5,8-9H,6-7H2,1-3H3. The average Bonchev–Trinajstić information content (AvgIpc) is 2.28. The smallest absolute Gasteiger partial charge is 0.252 e. The first-order chi connectivity index (χ1) is 8.04. The van der Waals surface area contributed by atoms with Crippen molar-refractivity contribution in [3.05, 3.63) is 23.8 Å². The third kappa shape index (κ3) is 4.27. The van der Waals surface area contributed by atoms with Gasteiger partial charge in [0.25, 0.3) is 5.24 Å². The number of hydrogen-bond donors (Lipinski definition) is 0. The predicted molar refractivity (Wildman–Crippen MR) is 68.1 cm³/mol. The Kier molecular flexibility index (Phi) is 5.29. The summed E-state index contributed by atoms with van der Waals surface area (Å²) in [7, 11) is 1.56. The molecule has 3 nitrogen and oxygen atoms in total. The van der Waals surface area contributed by atoms with Crippen molar-refractivity contribution in [2.45, 2.75) is 20.3 Å². The maximum absolute atomic E-state index is 11.0. The molecule has 0 radical (unpaired) electrons. The topological polar surface area (TPSA) is 35.5 Å². The summed E-state index contributed by atoms with van der Waals surface area (Å²) in [5.41, 5.74) is 0.409. The van der Waals surface area contributed by atoms with Crippen molar-refractivity contribution in [3.8, 4) is 11.5 Å². The van der Waals surface area contributed by atoms with E-state index in [1.807, 2.05) is 0 Å². The number of benzene rings is 1. The minimum Gasteiger partial charge on any atom is -0.493 e. The Morgan fingerprint density at radius 1 is 1.35 bits per heavy atom. The van der Waals surface area contributed by atoms with Crippen LogP contribution in [0.4, 0.5) is 0 Å². The van der Waals surface area contributed by atoms with Crippen molar-refractivity contribution in [2.75, 3.05) is 13.7 Å². The van der Waals surface area contributed by atoms with Crippen molar-refractivity contribution in [1.82, 2.24) is 0 Å². The van der Waals surface area contributed by atoms with Crippen LogP contribution in [0.2, 0.25) is 0 Å². The number of ether oxygens (including phenoxy) is 2. The van der Waals surface area contributed by atoms with E-state index < -0.39 is 5.24 Å². The van der Waals surface area contributed by atoms with Crippen molar-refractivity contribution >= 4 is 16.8 Å². The summed E-state index contributed by atoms with van der Waals surface area (Å²) in [4.78, 5) is 11.0. The Morgan fingerprint density at radius 3 is 2.59 bits per heavy atom. The second-order valence-electron chi connectivity index (χ2n) is 4.17. The van der Waals surface area contributed by atoms with E-state index in [9.17, 15) is 4.79 Å². The lowest BCUT2D eigenvalue weighted by Crippen LogP contribution is -2.03. The number of methoxy groups -OCH3 is 1. The van der Waals surface area contributed by atoms with Crippen LogP contribution in [0.5, 0.6) is 11.5 Å². The Labute approximate surface area is 107 Å². The third-order valence-corrected chi connectivity index (χ3v) is 2.56. The molecule has 0 fully saturated rings. The maximum Gasteiger partial charge on any atom is 0.252 e. The normalized spacial score (nSPS) is 10.4. The van der Waals surface area contributed by atoms with Crippen LogP contribution in [0.15, 0.2) is 18.2 Å². The number of halogens is 1. The van der Waals surface area contributed by atoms with Crippen LogP contribution in [0.3, 0.4) is 0 Å². The van der Waals surface area contributed by atoms with E-state index >= 15 is 0 Å². The van der Waals surface area contributed by atoms with Crippen molar-refractivity contribution in [3.63, 3.8) is 0 Å². The quantitative estimate of drug-likeness (QED) is 0.731. The second-order valence-corrected chi connectivity index (χ2v) is 4.51. The Balaban J connectivity index is 2.79. The molecule has 1 aromatic rings. The van der Waals surface area contributed by atoms with Crippen LogP contribution in [0.1, 0.15) is 30.6 Å². The van der Waals surface area contributed by atoms with E-state index in [4.69, 9.17) is 21.1 Å². The summed E-state index contributed by atoms with van der Waals surface area (Å²) in [5.74, 6) is 1.73. The number of rotatable bonds is 6. The monoisotopic (exact) mass is 256 g/mol. The van der Waals surface area contributed by atoms with Gasteiger partial charge < -0.3 is 9.47 Å². The number of carbonyl (C=O) groups excluding carboxylic acids is 1. The van der Waals surface area contributed by atoms with Gasteiger partial charge in [0, 0.05) is 5.56 Å². The van der Waals surface area contributed by atoms with Crippen LogP contribution in [0, 0.1) is 5.92 Å². The molecule has 0 unspecified atom stereocenters. The molecule has 0 saturated heterocycles. The highest BCUT2D eigenvalue weighted by Crippen LogP contribution is 2.28. The molecule has 0 aliphatic rings. The van der Waals surface area contributed by atoms with Gasteiger partial charge in [0.15, 0.2) is 11.5 Å². The van der Waals surface area contributed by atoms with Crippen LogP contribution < -0.4 is 9.47 Å². The molecule has 0 saturated carbocycles. The van der Waals surface area contributed by atoms with Crippen molar-refractivity contribution < 1.29 is 14.3 Å². The summed E-state index contributed by atoms with van der Waals surface area (Å²) in [5, 5.41) is -0.499. The molecule has 0 atom stereocenters. The molecule has 94 valence electrons. The summed E-state index contributed by atoms with van der Waals surface area (Å²) in [6.45, 7) is 4.84. The first-order valence-electron chi connectivity index (χ1n) is 5.55. The van der Waals surface area contributed by atoms with E-state index in [0.29, 0.717) is 29.6 Å². The van der Waals surface area contributed by atoms with Crippen molar-refractivity contribution in [2.24, 2.45) is 5.92 Å². The molecule has 0 aliphatic heterocycles. The van der Waals surface area contributed by atoms with Gasteiger partial charge in [0.05, 0.1) is 13.7 Å². The van der Waals surface area contributed by atoms with Crippen LogP contribution in [-0.2, 0) is 0 Å². The van der Waals surface area contributed by atoms with Gasteiger partial charge in [-0.2, -0.15) is 0 Å². The van der Waals surface area contributed by atoms with Crippen LogP contribution >= 0.6 is 11.6 Å². The molecular weight excluding hydrogens is 240 g/mol. The van der Waals surface area contributed by atoms with E-state index in [-0.39, 0.29) is 0 Å². The van der Waals surface area contributed by atoms with Gasteiger partial charge in [-0.05, 0) is 42.1 Å². The van der Waals surface area contributed by atoms with Gasteiger partial charge in [0.1, 0.15) is 0 Å². The molecule has 0 amide bonds. The Morgan fingerprint density at radius 2 is 2.06 bits per heavy atom. The number of carbonyl (C=O) groups is 1. The summed E-state index contributed by atoms with van der Waals surface area (Å²) >= 11 is 5.42. The molecule has 1 rings (SSSR count). The summed E-state index contributed by atoms with van der Waals surface area (Å²) in [6.07, 6.45) is 0.947. The lowest BCUT2D eigenvalue weighted by Gasteiger charge is -2.12. The molecule has 0 bridgehead atoms. The Hall–Kier alpha value is -1.22. The molecule has 1 aromatic carbocycles. The fraction of sp³-hybridized carbons (Fsp3) is 0.462. The molecule has 17 heavy (non-hydrogen) atoms. The number of hydrogen-bond acceptors (Lipinski definition) is 3. The fourth-order valence-electron chi connectivity index (χ4n) is 1.32. The SMILES string of the molecule is COc1ccc(C(=O)Cl)cc1OCCC(C)C. The zero-order chi connectivity index (χ0) is 12.8. The highest BCUT2D eigenvalue weighted by atomic mass is 35.5. The largest absolute Gasteiger partial charge is 0.493 e. The average molecular weight is 257 g/mol. The van der Waals surface area contributed by atoms with Gasteiger partial charge in [-0.3, -0.25) is 4.79 Å². The highest BCUT2D eigenvalue weighted by molar-refractivity contribution is 6.67. The van der Waals surface area contributed by atoms with E-state index in [2.05, 4.69) is 13.8 Å². The lowest BCUT2D eigenvalue weighted by atomic mass is 10.1. The van der Waals surface area contributed by atoms with Crippen LogP contribution in [-0.4, -0.2) is 19.0 Å². The highest BCUT2D eigenvalue weighted by Gasteiger charge is 2.09. The first-order valence-corrected chi connectivity index (χ1v) is 5.93. The minimum absolute atomic E-state index is 0.409. The molecule has 0 N–H and O–H groups in total. The Bertz CT molecular complexity index is 388. The van der Waals surface area contributed by atoms with E-state index in [0.717, 1.165) is 6.42 Å². The van der Waals surface area contributed by atoms with Crippen LogP contribution in [0.25, 0.3) is 0 Å². The van der Waals surface area contributed by atoms with Gasteiger partial charge >= 0.3 is 0 Å². The minimum atomic E-state index is -0.499. The zero-order valence-corrected chi connectivity index (χ0v) is 11.1. The molecular formula is C13H17ClO3. The second kappa shape index (κ2) is 6.50. The zero-order valence-electron chi connectivity index (χ0n) is 10.3. The van der Waals surface area contributed by atoms with E-state index in [1.165, 1.54) is 0 Å². The van der Waals surface area contributed by atoms with Gasteiger partial charge in [-0.15, -0.1) is 0 Å². The summed E-state index contributed by atoms with van der Waals surface area (Å²) in [6, 6.07) is 4.90. The lowest BCUT2D eigenvalue weighted by molar-refractivity contribution is 0.108. The van der Waals surface area contributed by atoms with Gasteiger partial charge in [-0.25, -0.2) is 0 Å². The molecule has 0 aliphatic carbocycles. The molecule has 0 aromatic heterocycles. The fourth-order valence-corrected chi connectivity index (χ4v) is 1.43.